The standard InChI is InChI=1S/C12H21Cl2N3O/c1-5-9(14)11(8(4)13)12(15)10(6-18)17(16)7(2)3/h5,7,18H,6,15-16H2,1-4H3/b9-5+,11-8-,12-10-. The van der Waals surface area contributed by atoms with E-state index in [4.69, 9.17) is 34.8 Å². The summed E-state index contributed by atoms with van der Waals surface area (Å²) in [5.74, 6) is 5.86. The fraction of sp³-hybridized carbons (Fsp3) is 0.500. The molecule has 0 saturated heterocycles. The Bertz CT molecular complexity index is 383. The van der Waals surface area contributed by atoms with Crippen molar-refractivity contribution in [2.75, 3.05) is 6.61 Å². The summed E-state index contributed by atoms with van der Waals surface area (Å²) in [6, 6.07) is -0.00744. The molecule has 0 atom stereocenters. The van der Waals surface area contributed by atoms with Crippen molar-refractivity contribution >= 4 is 23.2 Å². The van der Waals surface area contributed by atoms with Gasteiger partial charge in [0.1, 0.15) is 0 Å². The molecule has 0 saturated carbocycles. The Morgan fingerprint density at radius 1 is 1.39 bits per heavy atom. The van der Waals surface area contributed by atoms with Crippen molar-refractivity contribution < 1.29 is 5.11 Å². The van der Waals surface area contributed by atoms with E-state index in [0.717, 1.165) is 0 Å². The highest BCUT2D eigenvalue weighted by Gasteiger charge is 2.18. The van der Waals surface area contributed by atoms with Crippen molar-refractivity contribution in [1.29, 1.82) is 0 Å². The van der Waals surface area contributed by atoms with Crippen LogP contribution in [-0.4, -0.2) is 22.8 Å². The number of aliphatic hydroxyl groups excluding tert-OH is 1. The Hall–Kier alpha value is -0.680. The van der Waals surface area contributed by atoms with E-state index in [1.165, 1.54) is 5.01 Å². The molecule has 0 aromatic heterocycles. The molecule has 0 aromatic rings. The fourth-order valence-corrected chi connectivity index (χ4v) is 1.88. The third-order valence-electron chi connectivity index (χ3n) is 2.43. The van der Waals surface area contributed by atoms with Crippen LogP contribution < -0.4 is 11.6 Å². The van der Waals surface area contributed by atoms with Gasteiger partial charge in [-0.1, -0.05) is 29.3 Å². The Balaban J connectivity index is 5.80. The van der Waals surface area contributed by atoms with Gasteiger partial charge in [-0.05, 0) is 27.7 Å². The number of allylic oxidation sites excluding steroid dienone is 3. The Morgan fingerprint density at radius 3 is 2.17 bits per heavy atom. The maximum atomic E-state index is 9.41. The smallest absolute Gasteiger partial charge is 0.0864 e. The van der Waals surface area contributed by atoms with E-state index >= 15 is 0 Å². The SMILES string of the molecule is C\C=C(Cl)/C(C(/N)=C(\CO)N(N)C(C)C)=C(\C)Cl. The van der Waals surface area contributed by atoms with Crippen LogP contribution in [-0.2, 0) is 0 Å². The highest BCUT2D eigenvalue weighted by molar-refractivity contribution is 6.36. The lowest BCUT2D eigenvalue weighted by atomic mass is 10.1. The zero-order valence-corrected chi connectivity index (χ0v) is 12.7. The van der Waals surface area contributed by atoms with E-state index in [1.54, 1.807) is 19.9 Å². The monoisotopic (exact) mass is 293 g/mol. The summed E-state index contributed by atoms with van der Waals surface area (Å²) in [6.07, 6.45) is 1.68. The Labute approximate surface area is 118 Å². The van der Waals surface area contributed by atoms with E-state index in [2.05, 4.69) is 0 Å². The molecule has 0 fully saturated rings. The van der Waals surface area contributed by atoms with Crippen LogP contribution in [0.15, 0.2) is 33.1 Å². The molecule has 104 valence electrons. The lowest BCUT2D eigenvalue weighted by Gasteiger charge is -2.27. The third-order valence-corrected chi connectivity index (χ3v) is 3.03. The van der Waals surface area contributed by atoms with Gasteiger partial charge in [0.05, 0.1) is 18.0 Å². The summed E-state index contributed by atoms with van der Waals surface area (Å²) in [4.78, 5) is 0. The number of nitrogens with zero attached hydrogens (tertiary/aromatic N) is 1. The first-order chi connectivity index (χ1) is 8.27. The number of rotatable bonds is 5. The molecule has 5 N–H and O–H groups in total. The van der Waals surface area contributed by atoms with Crippen molar-refractivity contribution in [3.63, 3.8) is 0 Å². The minimum absolute atomic E-state index is 0.00744. The second kappa shape index (κ2) is 7.69. The number of hydrazine groups is 1. The van der Waals surface area contributed by atoms with Crippen LogP contribution in [0.2, 0.25) is 0 Å². The van der Waals surface area contributed by atoms with E-state index in [9.17, 15) is 5.11 Å². The van der Waals surface area contributed by atoms with Gasteiger partial charge in [0, 0.05) is 21.7 Å². The predicted octanol–water partition coefficient (Wildman–Crippen LogP) is 2.39. The Kier molecular flexibility index (Phi) is 7.40. The van der Waals surface area contributed by atoms with Crippen molar-refractivity contribution in [3.8, 4) is 0 Å². The van der Waals surface area contributed by atoms with Crippen LogP contribution in [0.4, 0.5) is 0 Å². The second-order valence-electron chi connectivity index (χ2n) is 4.06. The van der Waals surface area contributed by atoms with Gasteiger partial charge in [-0.3, -0.25) is 0 Å². The molecule has 0 aliphatic carbocycles. The summed E-state index contributed by atoms with van der Waals surface area (Å²) in [7, 11) is 0. The molecule has 4 nitrogen and oxygen atoms in total. The molecular formula is C12H21Cl2N3O. The molecule has 0 aliphatic rings. The highest BCUT2D eigenvalue weighted by Crippen LogP contribution is 2.28. The number of nitrogens with two attached hydrogens (primary N) is 2. The molecule has 0 amide bonds. The lowest BCUT2D eigenvalue weighted by Crippen LogP contribution is -2.39. The zero-order chi connectivity index (χ0) is 14.5. The highest BCUT2D eigenvalue weighted by atomic mass is 35.5. The average Bonchev–Trinajstić information content (AvgIpc) is 2.28. The summed E-state index contributed by atoms with van der Waals surface area (Å²) in [6.45, 7) is 6.94. The van der Waals surface area contributed by atoms with Gasteiger partial charge in [-0.2, -0.15) is 0 Å². The number of hydrogen-bond donors (Lipinski definition) is 3. The van der Waals surface area contributed by atoms with Crippen molar-refractivity contribution in [2.24, 2.45) is 11.6 Å². The van der Waals surface area contributed by atoms with Crippen molar-refractivity contribution in [2.45, 2.75) is 33.7 Å². The largest absolute Gasteiger partial charge is 0.397 e. The number of hydrogen-bond acceptors (Lipinski definition) is 4. The van der Waals surface area contributed by atoms with Gasteiger partial charge in [0.2, 0.25) is 0 Å². The lowest BCUT2D eigenvalue weighted by molar-refractivity contribution is 0.222. The molecule has 0 rings (SSSR count). The zero-order valence-electron chi connectivity index (χ0n) is 11.2. The van der Waals surface area contributed by atoms with Gasteiger partial charge >= 0.3 is 0 Å². The maximum absolute atomic E-state index is 9.41. The van der Waals surface area contributed by atoms with Crippen LogP contribution in [0, 0.1) is 0 Å². The van der Waals surface area contributed by atoms with E-state index in [1.807, 2.05) is 13.8 Å². The molecule has 0 bridgehead atoms. The van der Waals surface area contributed by atoms with Crippen LogP contribution in [0.1, 0.15) is 27.7 Å². The summed E-state index contributed by atoms with van der Waals surface area (Å²) in [5, 5.41) is 11.7. The molecular weight excluding hydrogens is 273 g/mol. The van der Waals surface area contributed by atoms with Gasteiger partial charge in [0.15, 0.2) is 0 Å². The van der Waals surface area contributed by atoms with Crippen LogP contribution >= 0.6 is 23.2 Å². The summed E-state index contributed by atoms with van der Waals surface area (Å²) < 4.78 is 0. The molecule has 0 radical (unpaired) electrons. The molecule has 0 aromatic carbocycles. The minimum Gasteiger partial charge on any atom is -0.397 e. The first-order valence-corrected chi connectivity index (χ1v) is 6.35. The van der Waals surface area contributed by atoms with Crippen LogP contribution in [0.5, 0.6) is 0 Å². The first kappa shape index (κ1) is 17.3. The van der Waals surface area contributed by atoms with Gasteiger partial charge < -0.3 is 15.8 Å². The normalized spacial score (nSPS) is 15.5. The minimum atomic E-state index is -0.290. The third kappa shape index (κ3) is 4.21. The Morgan fingerprint density at radius 2 is 1.89 bits per heavy atom. The van der Waals surface area contributed by atoms with Crippen LogP contribution in [0.3, 0.4) is 0 Å². The predicted molar refractivity (Wildman–Crippen MR) is 77.6 cm³/mol. The topological polar surface area (TPSA) is 75.5 Å². The molecule has 0 spiro atoms. The molecule has 0 aliphatic heterocycles. The van der Waals surface area contributed by atoms with Gasteiger partial charge in [-0.25, -0.2) is 5.84 Å². The molecule has 0 unspecified atom stereocenters. The van der Waals surface area contributed by atoms with E-state index < -0.39 is 0 Å². The fourth-order valence-electron chi connectivity index (χ4n) is 1.38. The summed E-state index contributed by atoms with van der Waals surface area (Å²) in [5.41, 5.74) is 7.18. The molecule has 6 heteroatoms. The number of halogens is 2. The second-order valence-corrected chi connectivity index (χ2v) is 5.04. The average molecular weight is 294 g/mol. The first-order valence-electron chi connectivity index (χ1n) is 5.60. The summed E-state index contributed by atoms with van der Waals surface area (Å²) >= 11 is 12.1. The molecule has 0 heterocycles. The maximum Gasteiger partial charge on any atom is 0.0864 e. The van der Waals surface area contributed by atoms with Gasteiger partial charge in [-0.15, -0.1) is 0 Å². The van der Waals surface area contributed by atoms with Crippen molar-refractivity contribution in [3.05, 3.63) is 33.1 Å². The number of aliphatic hydroxyl groups is 1. The van der Waals surface area contributed by atoms with Crippen molar-refractivity contribution in [1.82, 2.24) is 5.01 Å². The van der Waals surface area contributed by atoms with Gasteiger partial charge in [0.25, 0.3) is 0 Å². The van der Waals surface area contributed by atoms with E-state index in [-0.39, 0.29) is 18.3 Å². The van der Waals surface area contributed by atoms with Crippen LogP contribution in [0.25, 0.3) is 0 Å². The van der Waals surface area contributed by atoms with E-state index in [0.29, 0.717) is 21.3 Å². The quantitative estimate of drug-likeness (QED) is 0.413. The molecule has 18 heavy (non-hydrogen) atoms.